The molecule has 146 valence electrons. The molecule has 1 amide bonds. The molecule has 2 aromatic heterocycles. The van der Waals surface area contributed by atoms with Gasteiger partial charge in [0, 0.05) is 16.8 Å². The summed E-state index contributed by atoms with van der Waals surface area (Å²) in [6.45, 7) is 5.43. The number of thioether (sulfide) groups is 1. The lowest BCUT2D eigenvalue weighted by molar-refractivity contribution is -0.121. The SMILES string of the molecule is CSc1nc(C)c(CC(=O)N[C@@H](C)c2nc(-c3ccccc3C)no2)c(=O)[nH]1. The number of carbonyl (C=O) groups is 1. The first-order valence-electron chi connectivity index (χ1n) is 8.71. The molecule has 0 aliphatic rings. The van der Waals surface area contributed by atoms with E-state index in [9.17, 15) is 9.59 Å². The Hall–Kier alpha value is -2.94. The van der Waals surface area contributed by atoms with Gasteiger partial charge in [-0.2, -0.15) is 4.98 Å². The zero-order valence-corrected chi connectivity index (χ0v) is 16.9. The van der Waals surface area contributed by atoms with Crippen LogP contribution in [0.3, 0.4) is 0 Å². The van der Waals surface area contributed by atoms with E-state index < -0.39 is 6.04 Å². The summed E-state index contributed by atoms with van der Waals surface area (Å²) >= 11 is 1.34. The van der Waals surface area contributed by atoms with Gasteiger partial charge in [-0.3, -0.25) is 9.59 Å². The highest BCUT2D eigenvalue weighted by Gasteiger charge is 2.20. The van der Waals surface area contributed by atoms with Crippen molar-refractivity contribution >= 4 is 17.7 Å². The monoisotopic (exact) mass is 399 g/mol. The Morgan fingerprint density at radius 3 is 2.71 bits per heavy atom. The quantitative estimate of drug-likeness (QED) is 0.484. The minimum Gasteiger partial charge on any atom is -0.344 e. The molecular weight excluding hydrogens is 378 g/mol. The minimum absolute atomic E-state index is 0.0774. The second kappa shape index (κ2) is 8.39. The van der Waals surface area contributed by atoms with Crippen molar-refractivity contribution in [3.63, 3.8) is 0 Å². The van der Waals surface area contributed by atoms with E-state index >= 15 is 0 Å². The fraction of sp³-hybridized carbons (Fsp3) is 0.316. The van der Waals surface area contributed by atoms with Crippen LogP contribution in [0.2, 0.25) is 0 Å². The highest BCUT2D eigenvalue weighted by Crippen LogP contribution is 2.21. The van der Waals surface area contributed by atoms with Crippen LogP contribution in [-0.2, 0) is 11.2 Å². The Morgan fingerprint density at radius 2 is 2.04 bits per heavy atom. The number of aromatic amines is 1. The van der Waals surface area contributed by atoms with E-state index in [-0.39, 0.29) is 17.9 Å². The Bertz CT molecular complexity index is 1060. The van der Waals surface area contributed by atoms with Crippen LogP contribution in [0.25, 0.3) is 11.4 Å². The first kappa shape index (κ1) is 19.8. The predicted octanol–water partition coefficient (Wildman–Crippen LogP) is 2.58. The average molecular weight is 399 g/mol. The van der Waals surface area contributed by atoms with Gasteiger partial charge >= 0.3 is 0 Å². The third-order valence-corrected chi connectivity index (χ3v) is 4.89. The van der Waals surface area contributed by atoms with E-state index in [4.69, 9.17) is 4.52 Å². The van der Waals surface area contributed by atoms with Crippen LogP contribution in [0.15, 0.2) is 38.7 Å². The van der Waals surface area contributed by atoms with E-state index in [0.717, 1.165) is 11.1 Å². The molecular formula is C19H21N5O3S. The molecule has 0 aliphatic heterocycles. The third-order valence-electron chi connectivity index (χ3n) is 4.31. The second-order valence-corrected chi connectivity index (χ2v) is 7.17. The normalized spacial score (nSPS) is 12.0. The van der Waals surface area contributed by atoms with Gasteiger partial charge < -0.3 is 14.8 Å². The number of H-pyrrole nitrogens is 1. The Labute approximate surface area is 166 Å². The van der Waals surface area contributed by atoms with Crippen molar-refractivity contribution in [3.8, 4) is 11.4 Å². The molecule has 8 nitrogen and oxygen atoms in total. The molecule has 1 atom stereocenters. The number of rotatable bonds is 6. The zero-order valence-electron chi connectivity index (χ0n) is 16.1. The van der Waals surface area contributed by atoms with Crippen molar-refractivity contribution in [2.45, 2.75) is 38.4 Å². The molecule has 3 aromatic rings. The number of hydrogen-bond donors (Lipinski definition) is 2. The van der Waals surface area contributed by atoms with Gasteiger partial charge in [0.25, 0.3) is 5.56 Å². The highest BCUT2D eigenvalue weighted by atomic mass is 32.2. The molecule has 0 bridgehead atoms. The van der Waals surface area contributed by atoms with E-state index in [2.05, 4.69) is 25.4 Å². The standard InChI is InChI=1S/C19H21N5O3S/c1-10-7-5-6-8-13(10)16-22-18(27-24-16)12(3)20-15(25)9-14-11(2)21-19(28-4)23-17(14)26/h5-8,12H,9H2,1-4H3,(H,20,25)(H,21,23,26)/t12-/m0/s1. The summed E-state index contributed by atoms with van der Waals surface area (Å²) in [5.74, 6) is 0.446. The lowest BCUT2D eigenvalue weighted by atomic mass is 10.1. The minimum atomic E-state index is -0.490. The van der Waals surface area contributed by atoms with E-state index in [1.165, 1.54) is 11.8 Å². The van der Waals surface area contributed by atoms with Gasteiger partial charge in [0.15, 0.2) is 5.16 Å². The summed E-state index contributed by atoms with van der Waals surface area (Å²) in [5, 5.41) is 7.31. The van der Waals surface area contributed by atoms with Gasteiger partial charge in [-0.05, 0) is 32.6 Å². The summed E-state index contributed by atoms with van der Waals surface area (Å²) in [6.07, 6.45) is 1.74. The molecule has 0 spiro atoms. The fourth-order valence-corrected chi connectivity index (χ4v) is 3.17. The van der Waals surface area contributed by atoms with Gasteiger partial charge in [0.2, 0.25) is 17.6 Å². The molecule has 28 heavy (non-hydrogen) atoms. The summed E-state index contributed by atoms with van der Waals surface area (Å²) in [7, 11) is 0. The summed E-state index contributed by atoms with van der Waals surface area (Å²) in [6, 6.07) is 7.23. The Morgan fingerprint density at radius 1 is 1.29 bits per heavy atom. The number of carbonyl (C=O) groups excluding carboxylic acids is 1. The number of amides is 1. The molecule has 0 fully saturated rings. The smallest absolute Gasteiger partial charge is 0.255 e. The molecule has 0 unspecified atom stereocenters. The molecule has 1 aromatic carbocycles. The van der Waals surface area contributed by atoms with Crippen LogP contribution in [0.5, 0.6) is 0 Å². The largest absolute Gasteiger partial charge is 0.344 e. The van der Waals surface area contributed by atoms with Crippen molar-refractivity contribution in [2.75, 3.05) is 6.26 Å². The predicted molar refractivity (Wildman–Crippen MR) is 106 cm³/mol. The van der Waals surface area contributed by atoms with Crippen LogP contribution in [-0.4, -0.2) is 32.3 Å². The maximum Gasteiger partial charge on any atom is 0.255 e. The summed E-state index contributed by atoms with van der Waals surface area (Å²) in [5.41, 5.74) is 2.48. The first-order valence-corrected chi connectivity index (χ1v) is 9.94. The molecule has 0 saturated heterocycles. The van der Waals surface area contributed by atoms with Crippen molar-refractivity contribution in [1.29, 1.82) is 0 Å². The van der Waals surface area contributed by atoms with Crippen LogP contribution in [0, 0.1) is 13.8 Å². The van der Waals surface area contributed by atoms with Gasteiger partial charge in [-0.25, -0.2) is 4.98 Å². The van der Waals surface area contributed by atoms with Crippen molar-refractivity contribution in [3.05, 3.63) is 57.3 Å². The zero-order chi connectivity index (χ0) is 20.3. The average Bonchev–Trinajstić information content (AvgIpc) is 3.15. The van der Waals surface area contributed by atoms with Crippen LogP contribution in [0.1, 0.15) is 35.7 Å². The topological polar surface area (TPSA) is 114 Å². The molecule has 2 N–H and O–H groups in total. The maximum atomic E-state index is 12.4. The summed E-state index contributed by atoms with van der Waals surface area (Å²) < 4.78 is 5.31. The van der Waals surface area contributed by atoms with Gasteiger partial charge in [-0.1, -0.05) is 41.2 Å². The molecule has 0 saturated carbocycles. The number of hydrogen-bond acceptors (Lipinski definition) is 7. The molecule has 0 aliphatic carbocycles. The van der Waals surface area contributed by atoms with Crippen molar-refractivity contribution < 1.29 is 9.32 Å². The lowest BCUT2D eigenvalue weighted by Crippen LogP contribution is -2.31. The Kier molecular flexibility index (Phi) is 5.93. The van der Waals surface area contributed by atoms with E-state index in [0.29, 0.717) is 28.1 Å². The van der Waals surface area contributed by atoms with E-state index in [1.807, 2.05) is 37.4 Å². The number of nitrogens with one attached hydrogen (secondary N) is 2. The molecule has 0 radical (unpaired) electrons. The van der Waals surface area contributed by atoms with Gasteiger partial charge in [-0.15, -0.1) is 0 Å². The van der Waals surface area contributed by atoms with Gasteiger partial charge in [0.05, 0.1) is 6.42 Å². The maximum absolute atomic E-state index is 12.4. The summed E-state index contributed by atoms with van der Waals surface area (Å²) in [4.78, 5) is 35.9. The van der Waals surface area contributed by atoms with Gasteiger partial charge in [0.1, 0.15) is 6.04 Å². The molecule has 3 rings (SSSR count). The number of aromatic nitrogens is 4. The van der Waals surface area contributed by atoms with Crippen LogP contribution < -0.4 is 10.9 Å². The van der Waals surface area contributed by atoms with E-state index in [1.54, 1.807) is 13.8 Å². The fourth-order valence-electron chi connectivity index (χ4n) is 2.75. The van der Waals surface area contributed by atoms with Crippen LogP contribution in [0.4, 0.5) is 0 Å². The number of nitrogens with zero attached hydrogens (tertiary/aromatic N) is 3. The second-order valence-electron chi connectivity index (χ2n) is 6.38. The third kappa shape index (κ3) is 4.30. The number of benzene rings is 1. The Balaban J connectivity index is 1.70. The molecule has 9 heteroatoms. The van der Waals surface area contributed by atoms with Crippen molar-refractivity contribution in [2.24, 2.45) is 0 Å². The van der Waals surface area contributed by atoms with Crippen LogP contribution >= 0.6 is 11.8 Å². The number of aryl methyl sites for hydroxylation is 2. The molecule has 2 heterocycles. The lowest BCUT2D eigenvalue weighted by Gasteiger charge is -2.10. The first-order chi connectivity index (χ1) is 13.4. The van der Waals surface area contributed by atoms with Crippen molar-refractivity contribution in [1.82, 2.24) is 25.4 Å². The highest BCUT2D eigenvalue weighted by molar-refractivity contribution is 7.98.